The SMILES string of the molecule is CCCCCCCCCCCCCC/C=C\CCCCCCCCCCC(=O)NC(COC1OC(CO)C(O)C(OS(=O)(=O)O)C1O)C(O)CCCCCCCCCCCCCCCCCCCCC. The normalized spacial score (nSPS) is 19.6. The number of ether oxygens (including phenoxy) is 2. The van der Waals surface area contributed by atoms with Gasteiger partial charge in [-0.15, -0.1) is 0 Å². The van der Waals surface area contributed by atoms with E-state index in [0.29, 0.717) is 19.3 Å². The van der Waals surface area contributed by atoms with E-state index in [1.165, 1.54) is 205 Å². The third-order valence-corrected chi connectivity index (χ3v) is 14.8. The average molecular weight is 1020 g/mol. The average Bonchev–Trinajstić information content (AvgIpc) is 3.33. The molecule has 1 saturated heterocycles. The van der Waals surface area contributed by atoms with Gasteiger partial charge in [-0.25, -0.2) is 4.18 Å². The van der Waals surface area contributed by atoms with Gasteiger partial charge in [0.15, 0.2) is 6.29 Å². The highest BCUT2D eigenvalue weighted by atomic mass is 32.3. The van der Waals surface area contributed by atoms with Crippen LogP contribution in [0.15, 0.2) is 12.2 Å². The summed E-state index contributed by atoms with van der Waals surface area (Å²) in [7, 11) is -5.08. The molecule has 7 atom stereocenters. The number of rotatable bonds is 52. The van der Waals surface area contributed by atoms with Crippen molar-refractivity contribution in [2.75, 3.05) is 13.2 Å². The minimum absolute atomic E-state index is 0.228. The molecule has 416 valence electrons. The maximum absolute atomic E-state index is 13.2. The van der Waals surface area contributed by atoms with Crippen LogP contribution in [0.4, 0.5) is 0 Å². The zero-order valence-corrected chi connectivity index (χ0v) is 45.9. The Kier molecular flexibility index (Phi) is 45.4. The van der Waals surface area contributed by atoms with E-state index in [9.17, 15) is 38.2 Å². The number of carbonyl (C=O) groups excluding carboxylic acids is 1. The quantitative estimate of drug-likeness (QED) is 0.0193. The molecular formula is C57H111NO11S. The Morgan fingerprint density at radius 2 is 0.914 bits per heavy atom. The molecule has 12 nitrogen and oxygen atoms in total. The summed E-state index contributed by atoms with van der Waals surface area (Å²) in [5.41, 5.74) is 0. The molecule has 0 aromatic carbocycles. The first-order valence-electron chi connectivity index (χ1n) is 29.6. The Labute approximate surface area is 430 Å². The summed E-state index contributed by atoms with van der Waals surface area (Å²) in [5, 5.41) is 45.1. The Bertz CT molecular complexity index is 1290. The molecule has 1 aliphatic heterocycles. The van der Waals surface area contributed by atoms with E-state index in [-0.39, 0.29) is 12.5 Å². The Morgan fingerprint density at radius 1 is 0.557 bits per heavy atom. The van der Waals surface area contributed by atoms with Crippen molar-refractivity contribution in [3.8, 4) is 0 Å². The third kappa shape index (κ3) is 39.3. The lowest BCUT2D eigenvalue weighted by Crippen LogP contribution is -2.61. The van der Waals surface area contributed by atoms with Crippen molar-refractivity contribution in [2.45, 2.75) is 333 Å². The summed E-state index contributed by atoms with van der Waals surface area (Å²) >= 11 is 0. The van der Waals surface area contributed by atoms with Gasteiger partial charge in [0.25, 0.3) is 0 Å². The van der Waals surface area contributed by atoms with Crippen LogP contribution in [0.1, 0.15) is 290 Å². The maximum atomic E-state index is 13.2. The van der Waals surface area contributed by atoms with Crippen LogP contribution in [-0.4, -0.2) is 95.4 Å². The summed E-state index contributed by atoms with van der Waals surface area (Å²) in [6.45, 7) is 3.50. The first kappa shape index (κ1) is 66.9. The number of amides is 1. The number of unbranched alkanes of at least 4 members (excludes halogenated alkanes) is 38. The van der Waals surface area contributed by atoms with Crippen molar-refractivity contribution >= 4 is 16.3 Å². The van der Waals surface area contributed by atoms with E-state index in [2.05, 4.69) is 35.5 Å². The van der Waals surface area contributed by atoms with Gasteiger partial charge >= 0.3 is 10.4 Å². The summed E-state index contributed by atoms with van der Waals surface area (Å²) in [5.74, 6) is -0.228. The van der Waals surface area contributed by atoms with Crippen LogP contribution in [0.2, 0.25) is 0 Å². The number of aliphatic hydroxyl groups is 4. The van der Waals surface area contributed by atoms with Gasteiger partial charge in [-0.05, 0) is 38.5 Å². The standard InChI is InChI=1S/C57H111NO11S/c1-3-5-7-9-11-13-15-17-19-21-23-24-25-26-27-29-31-33-35-37-39-41-43-45-47-53(61)58-50(49-67-57-55(63)56(69-70(64,65)66)54(62)52(48-59)68-57)51(60)46-44-42-40-38-36-34-32-30-28-22-20-18-16-14-12-10-8-6-4-2/h26-27,50-52,54-57,59-60,62-63H,3-25,28-49H2,1-2H3,(H,58,61)(H,64,65,66)/b27-26-. The Hall–Kier alpha value is -1.16. The van der Waals surface area contributed by atoms with E-state index in [4.69, 9.17) is 9.47 Å². The predicted molar refractivity (Wildman–Crippen MR) is 287 cm³/mol. The lowest BCUT2D eigenvalue weighted by molar-refractivity contribution is -0.298. The molecule has 13 heteroatoms. The zero-order chi connectivity index (χ0) is 51.2. The van der Waals surface area contributed by atoms with Gasteiger partial charge in [-0.3, -0.25) is 9.35 Å². The topological polar surface area (TPSA) is 192 Å². The van der Waals surface area contributed by atoms with Gasteiger partial charge in [-0.1, -0.05) is 257 Å². The molecule has 1 fully saturated rings. The van der Waals surface area contributed by atoms with Crippen LogP contribution in [0.25, 0.3) is 0 Å². The number of aliphatic hydroxyl groups excluding tert-OH is 4. The van der Waals surface area contributed by atoms with Gasteiger partial charge in [0.2, 0.25) is 5.91 Å². The third-order valence-electron chi connectivity index (χ3n) is 14.3. The fraction of sp³-hybridized carbons (Fsp3) is 0.947. The van der Waals surface area contributed by atoms with Crippen molar-refractivity contribution in [3.63, 3.8) is 0 Å². The smallest absolute Gasteiger partial charge is 0.394 e. The minimum Gasteiger partial charge on any atom is -0.394 e. The number of hydrogen-bond acceptors (Lipinski definition) is 10. The second-order valence-corrected chi connectivity index (χ2v) is 22.0. The molecule has 1 heterocycles. The van der Waals surface area contributed by atoms with Crippen LogP contribution >= 0.6 is 0 Å². The fourth-order valence-corrected chi connectivity index (χ4v) is 10.3. The number of carbonyl (C=O) groups is 1. The Morgan fingerprint density at radius 3 is 1.29 bits per heavy atom. The summed E-state index contributed by atoms with van der Waals surface area (Å²) < 4.78 is 47.9. The minimum atomic E-state index is -5.08. The van der Waals surface area contributed by atoms with Crippen LogP contribution in [0, 0.1) is 0 Å². The van der Waals surface area contributed by atoms with Crippen LogP contribution in [-0.2, 0) is 28.9 Å². The van der Waals surface area contributed by atoms with Crippen LogP contribution in [0.3, 0.4) is 0 Å². The van der Waals surface area contributed by atoms with E-state index in [0.717, 1.165) is 51.4 Å². The van der Waals surface area contributed by atoms with Crippen molar-refractivity contribution in [1.29, 1.82) is 0 Å². The first-order chi connectivity index (χ1) is 34.0. The molecule has 1 aliphatic rings. The number of nitrogens with one attached hydrogen (secondary N) is 1. The first-order valence-corrected chi connectivity index (χ1v) is 30.9. The molecule has 0 saturated carbocycles. The van der Waals surface area contributed by atoms with Crippen molar-refractivity contribution in [1.82, 2.24) is 5.32 Å². The molecular weight excluding hydrogens is 907 g/mol. The van der Waals surface area contributed by atoms with E-state index in [1.807, 2.05) is 0 Å². The molecule has 7 unspecified atom stereocenters. The molecule has 70 heavy (non-hydrogen) atoms. The van der Waals surface area contributed by atoms with Crippen LogP contribution in [0.5, 0.6) is 0 Å². The lowest BCUT2D eigenvalue weighted by atomic mass is 9.99. The van der Waals surface area contributed by atoms with Crippen molar-refractivity contribution in [3.05, 3.63) is 12.2 Å². The van der Waals surface area contributed by atoms with E-state index < -0.39 is 59.9 Å². The molecule has 6 N–H and O–H groups in total. The van der Waals surface area contributed by atoms with Gasteiger partial charge in [-0.2, -0.15) is 8.42 Å². The summed E-state index contributed by atoms with van der Waals surface area (Å²) in [6, 6.07) is -0.858. The molecule has 0 aliphatic carbocycles. The lowest BCUT2D eigenvalue weighted by Gasteiger charge is -2.41. The molecule has 0 spiro atoms. The van der Waals surface area contributed by atoms with E-state index >= 15 is 0 Å². The highest BCUT2D eigenvalue weighted by Crippen LogP contribution is 2.26. The predicted octanol–water partition coefficient (Wildman–Crippen LogP) is 13.8. The fourth-order valence-electron chi connectivity index (χ4n) is 9.75. The zero-order valence-electron chi connectivity index (χ0n) is 45.1. The summed E-state index contributed by atoms with van der Waals surface area (Å²) in [4.78, 5) is 13.2. The second kappa shape index (κ2) is 47.5. The van der Waals surface area contributed by atoms with Crippen molar-refractivity contribution < 1.29 is 51.8 Å². The Balaban J connectivity index is 2.34. The molecule has 0 bridgehead atoms. The second-order valence-electron chi connectivity index (χ2n) is 20.9. The maximum Gasteiger partial charge on any atom is 0.397 e. The van der Waals surface area contributed by atoms with Crippen LogP contribution < -0.4 is 5.32 Å². The van der Waals surface area contributed by atoms with E-state index in [1.54, 1.807) is 0 Å². The number of allylic oxidation sites excluding steroid dienone is 2. The van der Waals surface area contributed by atoms with Gasteiger partial charge in [0, 0.05) is 6.42 Å². The molecule has 0 radical (unpaired) electrons. The largest absolute Gasteiger partial charge is 0.397 e. The monoisotopic (exact) mass is 1020 g/mol. The highest BCUT2D eigenvalue weighted by Gasteiger charge is 2.48. The van der Waals surface area contributed by atoms with Gasteiger partial charge in [0.05, 0.1) is 25.4 Å². The summed E-state index contributed by atoms with van der Waals surface area (Å²) in [6.07, 6.45) is 47.9. The molecule has 1 amide bonds. The van der Waals surface area contributed by atoms with Gasteiger partial charge in [0.1, 0.15) is 24.4 Å². The highest BCUT2D eigenvalue weighted by molar-refractivity contribution is 7.80. The van der Waals surface area contributed by atoms with Crippen molar-refractivity contribution in [2.24, 2.45) is 0 Å². The molecule has 0 aromatic heterocycles. The molecule has 0 aromatic rings. The van der Waals surface area contributed by atoms with Gasteiger partial charge < -0.3 is 35.2 Å². The molecule has 1 rings (SSSR count). The number of hydrogen-bond donors (Lipinski definition) is 6.